The quantitative estimate of drug-likeness (QED) is 0.562. The van der Waals surface area contributed by atoms with Crippen LogP contribution < -0.4 is 0 Å². The maximum absolute atomic E-state index is 5.73. The molecule has 0 fully saturated rings. The first-order valence-electron chi connectivity index (χ1n) is 3.29. The van der Waals surface area contributed by atoms with E-state index in [1.807, 2.05) is 24.3 Å². The summed E-state index contributed by atoms with van der Waals surface area (Å²) in [6, 6.07) is 7.85. The molecule has 1 aromatic rings. The van der Waals surface area contributed by atoms with Crippen molar-refractivity contribution in [1.82, 2.24) is 0 Å². The number of rotatable bonds is 2. The topological polar surface area (TPSA) is 0 Å². The first-order valence-corrected chi connectivity index (χ1v) is 5.60. The van der Waals surface area contributed by atoms with Gasteiger partial charge in [0.15, 0.2) is 0 Å². The SMILES string of the molecule is CC(SS)c1ccc(Cl)cc1. The van der Waals surface area contributed by atoms with E-state index in [0.29, 0.717) is 5.25 Å². The summed E-state index contributed by atoms with van der Waals surface area (Å²) in [5, 5.41) is 1.21. The second kappa shape index (κ2) is 4.29. The molecule has 0 aliphatic carbocycles. The van der Waals surface area contributed by atoms with Crippen molar-refractivity contribution in [2.24, 2.45) is 0 Å². The Balaban J connectivity index is 2.81. The Kier molecular flexibility index (Phi) is 3.63. The molecule has 1 aromatic carbocycles. The van der Waals surface area contributed by atoms with E-state index in [1.165, 1.54) is 16.4 Å². The summed E-state index contributed by atoms with van der Waals surface area (Å²) >= 11 is 9.87. The first-order chi connectivity index (χ1) is 5.24. The van der Waals surface area contributed by atoms with Crippen molar-refractivity contribution in [1.29, 1.82) is 0 Å². The van der Waals surface area contributed by atoms with Gasteiger partial charge >= 0.3 is 0 Å². The standard InChI is InChI=1S/C8H9ClS2/c1-6(11-10)7-2-4-8(9)5-3-7/h2-6,10H,1H3. The average molecular weight is 205 g/mol. The molecule has 0 radical (unpaired) electrons. The molecule has 0 spiro atoms. The van der Waals surface area contributed by atoms with Crippen molar-refractivity contribution in [2.75, 3.05) is 0 Å². The summed E-state index contributed by atoms with van der Waals surface area (Å²) in [4.78, 5) is 0. The number of thiol groups is 1. The Morgan fingerprint density at radius 2 is 1.91 bits per heavy atom. The number of benzene rings is 1. The first kappa shape index (κ1) is 9.30. The van der Waals surface area contributed by atoms with E-state index in [-0.39, 0.29) is 0 Å². The van der Waals surface area contributed by atoms with E-state index in [9.17, 15) is 0 Å². The fourth-order valence-corrected chi connectivity index (χ4v) is 1.56. The minimum atomic E-state index is 0.426. The molecule has 3 heteroatoms. The molecule has 1 rings (SSSR count). The Morgan fingerprint density at radius 3 is 2.36 bits per heavy atom. The largest absolute Gasteiger partial charge is 0.111 e. The van der Waals surface area contributed by atoms with Crippen LogP contribution in [-0.2, 0) is 0 Å². The molecule has 0 saturated carbocycles. The van der Waals surface area contributed by atoms with E-state index in [1.54, 1.807) is 0 Å². The van der Waals surface area contributed by atoms with Gasteiger partial charge in [-0.1, -0.05) is 34.5 Å². The molecule has 0 amide bonds. The van der Waals surface area contributed by atoms with Gasteiger partial charge in [-0.2, -0.15) is 0 Å². The van der Waals surface area contributed by atoms with Crippen LogP contribution in [0.15, 0.2) is 24.3 Å². The minimum Gasteiger partial charge on any atom is -0.111 e. The van der Waals surface area contributed by atoms with Crippen LogP contribution in [0.1, 0.15) is 17.7 Å². The highest BCUT2D eigenvalue weighted by Crippen LogP contribution is 2.30. The summed E-state index contributed by atoms with van der Waals surface area (Å²) in [6.07, 6.45) is 0. The highest BCUT2D eigenvalue weighted by Gasteiger charge is 2.01. The summed E-state index contributed by atoms with van der Waals surface area (Å²) in [5.74, 6) is 0. The van der Waals surface area contributed by atoms with Gasteiger partial charge in [0, 0.05) is 10.3 Å². The average Bonchev–Trinajstić information content (AvgIpc) is 2.05. The zero-order valence-electron chi connectivity index (χ0n) is 6.12. The van der Waals surface area contributed by atoms with E-state index in [4.69, 9.17) is 11.6 Å². The molecule has 0 aliphatic heterocycles. The Bertz CT molecular complexity index is 220. The van der Waals surface area contributed by atoms with Crippen molar-refractivity contribution in [2.45, 2.75) is 12.2 Å². The van der Waals surface area contributed by atoms with Gasteiger partial charge in [0.25, 0.3) is 0 Å². The number of hydrogen-bond acceptors (Lipinski definition) is 2. The summed E-state index contributed by atoms with van der Waals surface area (Å²) < 4.78 is 0. The molecule has 60 valence electrons. The van der Waals surface area contributed by atoms with Gasteiger partial charge in [-0.05, 0) is 24.6 Å². The molecule has 0 saturated heterocycles. The lowest BCUT2D eigenvalue weighted by molar-refractivity contribution is 1.11. The van der Waals surface area contributed by atoms with E-state index < -0.39 is 0 Å². The Morgan fingerprint density at radius 1 is 1.36 bits per heavy atom. The smallest absolute Gasteiger partial charge is 0.0406 e. The second-order valence-corrected chi connectivity index (χ2v) is 4.29. The van der Waals surface area contributed by atoms with Crippen LogP contribution in [-0.4, -0.2) is 0 Å². The third kappa shape index (κ3) is 2.62. The van der Waals surface area contributed by atoms with E-state index >= 15 is 0 Å². The molecule has 0 N–H and O–H groups in total. The Hall–Kier alpha value is 0.210. The van der Waals surface area contributed by atoms with Crippen LogP contribution in [0.3, 0.4) is 0 Å². The van der Waals surface area contributed by atoms with Crippen molar-refractivity contribution < 1.29 is 0 Å². The molecule has 0 nitrogen and oxygen atoms in total. The predicted octanol–water partition coefficient (Wildman–Crippen LogP) is 3.98. The maximum Gasteiger partial charge on any atom is 0.0406 e. The lowest BCUT2D eigenvalue weighted by Crippen LogP contribution is -1.83. The highest BCUT2D eigenvalue weighted by molar-refractivity contribution is 8.68. The van der Waals surface area contributed by atoms with Gasteiger partial charge < -0.3 is 0 Å². The monoisotopic (exact) mass is 204 g/mol. The zero-order chi connectivity index (χ0) is 8.27. The molecular weight excluding hydrogens is 196 g/mol. The van der Waals surface area contributed by atoms with Crippen LogP contribution in [0.5, 0.6) is 0 Å². The normalized spacial score (nSPS) is 13.0. The molecule has 0 bridgehead atoms. The lowest BCUT2D eigenvalue weighted by atomic mass is 10.2. The van der Waals surface area contributed by atoms with Gasteiger partial charge in [0.1, 0.15) is 0 Å². The molecule has 1 atom stereocenters. The molecular formula is C8H9ClS2. The van der Waals surface area contributed by atoms with Gasteiger partial charge in [0.05, 0.1) is 0 Å². The summed E-state index contributed by atoms with van der Waals surface area (Å²) in [6.45, 7) is 2.11. The van der Waals surface area contributed by atoms with Crippen LogP contribution in [0, 0.1) is 0 Å². The molecule has 1 unspecified atom stereocenters. The van der Waals surface area contributed by atoms with E-state index in [2.05, 4.69) is 18.6 Å². The molecule has 0 heterocycles. The van der Waals surface area contributed by atoms with Crippen LogP contribution in [0.25, 0.3) is 0 Å². The predicted molar refractivity (Wildman–Crippen MR) is 56.4 cm³/mol. The van der Waals surface area contributed by atoms with E-state index in [0.717, 1.165) is 5.02 Å². The third-order valence-corrected chi connectivity index (χ3v) is 3.29. The van der Waals surface area contributed by atoms with Crippen molar-refractivity contribution in [3.63, 3.8) is 0 Å². The minimum absolute atomic E-state index is 0.426. The summed E-state index contributed by atoms with van der Waals surface area (Å²) in [5.41, 5.74) is 1.26. The fourth-order valence-electron chi connectivity index (χ4n) is 0.795. The van der Waals surface area contributed by atoms with Gasteiger partial charge in [-0.15, -0.1) is 11.7 Å². The third-order valence-electron chi connectivity index (χ3n) is 1.50. The second-order valence-electron chi connectivity index (χ2n) is 2.30. The van der Waals surface area contributed by atoms with Gasteiger partial charge in [-0.25, -0.2) is 0 Å². The zero-order valence-corrected chi connectivity index (χ0v) is 8.59. The van der Waals surface area contributed by atoms with Crippen LogP contribution in [0.4, 0.5) is 0 Å². The summed E-state index contributed by atoms with van der Waals surface area (Å²) in [7, 11) is 1.54. The van der Waals surface area contributed by atoms with Crippen LogP contribution >= 0.6 is 34.1 Å². The van der Waals surface area contributed by atoms with Gasteiger partial charge in [0.2, 0.25) is 0 Å². The van der Waals surface area contributed by atoms with Crippen molar-refractivity contribution in [3.8, 4) is 0 Å². The molecule has 0 aromatic heterocycles. The number of hydrogen-bond donors (Lipinski definition) is 1. The van der Waals surface area contributed by atoms with Crippen molar-refractivity contribution in [3.05, 3.63) is 34.9 Å². The van der Waals surface area contributed by atoms with Crippen molar-refractivity contribution >= 4 is 34.1 Å². The van der Waals surface area contributed by atoms with Crippen LogP contribution in [0.2, 0.25) is 5.02 Å². The maximum atomic E-state index is 5.73. The Labute approximate surface area is 81.1 Å². The number of halogens is 1. The van der Waals surface area contributed by atoms with Gasteiger partial charge in [-0.3, -0.25) is 0 Å². The lowest BCUT2D eigenvalue weighted by Gasteiger charge is -2.06. The fraction of sp³-hybridized carbons (Fsp3) is 0.250. The highest BCUT2D eigenvalue weighted by atomic mass is 35.5. The molecule has 11 heavy (non-hydrogen) atoms. The molecule has 0 aliphatic rings.